The van der Waals surface area contributed by atoms with Crippen molar-refractivity contribution < 1.29 is 0 Å². The highest BCUT2D eigenvalue weighted by atomic mass is 32.1. The lowest BCUT2D eigenvalue weighted by molar-refractivity contribution is 0.189. The molecule has 3 heteroatoms. The van der Waals surface area contributed by atoms with Gasteiger partial charge in [-0.15, -0.1) is 0 Å². The van der Waals surface area contributed by atoms with Gasteiger partial charge in [-0.05, 0) is 50.9 Å². The summed E-state index contributed by atoms with van der Waals surface area (Å²) in [6, 6.07) is 11.5. The average molecular weight is 262 g/mol. The van der Waals surface area contributed by atoms with Crippen molar-refractivity contribution in [2.24, 2.45) is 0 Å². The summed E-state index contributed by atoms with van der Waals surface area (Å²) < 4.78 is 0. The Morgan fingerprint density at radius 3 is 2.44 bits per heavy atom. The fourth-order valence-electron chi connectivity index (χ4n) is 2.69. The van der Waals surface area contributed by atoms with Gasteiger partial charge in [0.25, 0.3) is 0 Å². The Labute approximate surface area is 115 Å². The molecule has 1 aromatic carbocycles. The van der Waals surface area contributed by atoms with Crippen molar-refractivity contribution in [2.75, 3.05) is 0 Å². The van der Waals surface area contributed by atoms with E-state index in [0.29, 0.717) is 12.1 Å². The number of likely N-dealkylation sites (tertiary alicyclic amines) is 1. The Balaban J connectivity index is 1.91. The van der Waals surface area contributed by atoms with E-state index in [1.807, 2.05) is 6.07 Å². The second kappa shape index (κ2) is 6.19. The maximum Gasteiger partial charge on any atom is 0.169 e. The third-order valence-corrected chi connectivity index (χ3v) is 4.07. The fourth-order valence-corrected chi connectivity index (χ4v) is 3.12. The number of hydrogen-bond donors (Lipinski definition) is 1. The van der Waals surface area contributed by atoms with Gasteiger partial charge in [0, 0.05) is 18.6 Å². The van der Waals surface area contributed by atoms with Crippen molar-refractivity contribution in [3.63, 3.8) is 0 Å². The van der Waals surface area contributed by atoms with Crippen LogP contribution in [0.5, 0.6) is 0 Å². The quantitative estimate of drug-likeness (QED) is 0.823. The third-order valence-electron chi connectivity index (χ3n) is 3.71. The molecule has 0 radical (unpaired) electrons. The number of nitrogens with one attached hydrogen (secondary N) is 1. The Kier molecular flexibility index (Phi) is 4.59. The zero-order valence-electron chi connectivity index (χ0n) is 11.2. The van der Waals surface area contributed by atoms with Gasteiger partial charge in [0.1, 0.15) is 0 Å². The van der Waals surface area contributed by atoms with Gasteiger partial charge < -0.3 is 10.2 Å². The molecule has 2 atom stereocenters. The molecule has 98 valence electrons. The molecule has 0 bridgehead atoms. The predicted octanol–water partition coefficient (Wildman–Crippen LogP) is 3.32. The summed E-state index contributed by atoms with van der Waals surface area (Å²) in [4.78, 5) is 2.36. The van der Waals surface area contributed by atoms with Crippen LogP contribution >= 0.6 is 12.2 Å². The number of rotatable bonds is 2. The third kappa shape index (κ3) is 3.22. The first kappa shape index (κ1) is 13.3. The molecule has 1 N–H and O–H groups in total. The lowest BCUT2D eigenvalue weighted by Gasteiger charge is -2.41. The van der Waals surface area contributed by atoms with E-state index >= 15 is 0 Å². The summed E-state index contributed by atoms with van der Waals surface area (Å²) in [5, 5.41) is 4.29. The molecule has 0 aliphatic carbocycles. The minimum atomic E-state index is 0.560. The molecule has 1 aliphatic rings. The molecule has 0 amide bonds. The van der Waals surface area contributed by atoms with Crippen LogP contribution in [0.2, 0.25) is 0 Å². The van der Waals surface area contributed by atoms with Crippen LogP contribution in [0.3, 0.4) is 0 Å². The standard InChI is InChI=1S/C15H22N2S/c1-12-7-6-8-13(2)17(12)15(18)16-11-14-9-4-3-5-10-14/h3-5,9-10,12-13H,6-8,11H2,1-2H3,(H,16,18)/t12-,13+. The van der Waals surface area contributed by atoms with Crippen molar-refractivity contribution in [3.05, 3.63) is 35.9 Å². The highest BCUT2D eigenvalue weighted by Crippen LogP contribution is 2.22. The molecule has 0 spiro atoms. The van der Waals surface area contributed by atoms with E-state index in [1.54, 1.807) is 0 Å². The number of hydrogen-bond acceptors (Lipinski definition) is 1. The number of piperidine rings is 1. The van der Waals surface area contributed by atoms with Gasteiger partial charge in [-0.3, -0.25) is 0 Å². The largest absolute Gasteiger partial charge is 0.358 e. The van der Waals surface area contributed by atoms with Gasteiger partial charge in [0.05, 0.1) is 0 Å². The smallest absolute Gasteiger partial charge is 0.169 e. The summed E-state index contributed by atoms with van der Waals surface area (Å²) in [5.74, 6) is 0. The molecule has 2 rings (SSSR count). The Hall–Kier alpha value is -1.09. The molecule has 1 heterocycles. The predicted molar refractivity (Wildman–Crippen MR) is 80.5 cm³/mol. The van der Waals surface area contributed by atoms with E-state index in [-0.39, 0.29) is 0 Å². The Bertz CT molecular complexity index is 381. The van der Waals surface area contributed by atoms with Crippen molar-refractivity contribution in [1.29, 1.82) is 0 Å². The first-order chi connectivity index (χ1) is 8.68. The van der Waals surface area contributed by atoms with E-state index in [4.69, 9.17) is 12.2 Å². The molecule has 1 aliphatic heterocycles. The fraction of sp³-hybridized carbons (Fsp3) is 0.533. The van der Waals surface area contributed by atoms with Gasteiger partial charge in [-0.2, -0.15) is 0 Å². The van der Waals surface area contributed by atoms with E-state index in [9.17, 15) is 0 Å². The SMILES string of the molecule is C[C@@H]1CCC[C@H](C)N1C(=S)NCc1ccccc1. The maximum absolute atomic E-state index is 5.54. The van der Waals surface area contributed by atoms with Crippen LogP contribution in [-0.4, -0.2) is 22.1 Å². The van der Waals surface area contributed by atoms with E-state index in [2.05, 4.69) is 48.3 Å². The summed E-state index contributed by atoms with van der Waals surface area (Å²) >= 11 is 5.54. The second-order valence-corrected chi connectivity index (χ2v) is 5.57. The van der Waals surface area contributed by atoms with Gasteiger partial charge in [-0.25, -0.2) is 0 Å². The highest BCUT2D eigenvalue weighted by Gasteiger charge is 2.26. The summed E-state index contributed by atoms with van der Waals surface area (Å²) in [6.45, 7) is 5.36. The Morgan fingerprint density at radius 1 is 1.22 bits per heavy atom. The summed E-state index contributed by atoms with van der Waals surface area (Å²) in [7, 11) is 0. The molecular weight excluding hydrogens is 240 g/mol. The summed E-state index contributed by atoms with van der Waals surface area (Å²) in [5.41, 5.74) is 1.28. The van der Waals surface area contributed by atoms with Gasteiger partial charge in [-0.1, -0.05) is 30.3 Å². The molecular formula is C15H22N2S. The second-order valence-electron chi connectivity index (χ2n) is 5.18. The van der Waals surface area contributed by atoms with E-state index < -0.39 is 0 Å². The van der Waals surface area contributed by atoms with Crippen LogP contribution < -0.4 is 5.32 Å². The number of benzene rings is 1. The highest BCUT2D eigenvalue weighted by molar-refractivity contribution is 7.80. The van der Waals surface area contributed by atoms with Gasteiger partial charge >= 0.3 is 0 Å². The summed E-state index contributed by atoms with van der Waals surface area (Å²) in [6.07, 6.45) is 3.81. The first-order valence-corrected chi connectivity index (χ1v) is 7.19. The molecule has 2 nitrogen and oxygen atoms in total. The zero-order chi connectivity index (χ0) is 13.0. The monoisotopic (exact) mass is 262 g/mol. The average Bonchev–Trinajstić information content (AvgIpc) is 2.37. The molecule has 1 fully saturated rings. The normalized spacial score (nSPS) is 23.8. The molecule has 0 saturated carbocycles. The van der Waals surface area contributed by atoms with Crippen molar-refractivity contribution in [1.82, 2.24) is 10.2 Å². The van der Waals surface area contributed by atoms with Crippen LogP contribution in [0.4, 0.5) is 0 Å². The van der Waals surface area contributed by atoms with Crippen molar-refractivity contribution in [3.8, 4) is 0 Å². The minimum Gasteiger partial charge on any atom is -0.358 e. The molecule has 0 unspecified atom stereocenters. The number of nitrogens with zero attached hydrogens (tertiary/aromatic N) is 1. The molecule has 1 saturated heterocycles. The maximum atomic E-state index is 5.54. The Morgan fingerprint density at radius 2 is 1.83 bits per heavy atom. The van der Waals surface area contributed by atoms with E-state index in [1.165, 1.54) is 24.8 Å². The molecule has 18 heavy (non-hydrogen) atoms. The lowest BCUT2D eigenvalue weighted by Crippen LogP contribution is -2.51. The van der Waals surface area contributed by atoms with Gasteiger partial charge in [0.15, 0.2) is 5.11 Å². The van der Waals surface area contributed by atoms with Gasteiger partial charge in [0.2, 0.25) is 0 Å². The van der Waals surface area contributed by atoms with Crippen LogP contribution in [0, 0.1) is 0 Å². The van der Waals surface area contributed by atoms with Crippen LogP contribution in [0.25, 0.3) is 0 Å². The van der Waals surface area contributed by atoms with E-state index in [0.717, 1.165) is 11.7 Å². The van der Waals surface area contributed by atoms with Crippen molar-refractivity contribution >= 4 is 17.3 Å². The lowest BCUT2D eigenvalue weighted by atomic mass is 9.98. The zero-order valence-corrected chi connectivity index (χ0v) is 12.0. The molecule has 0 aromatic heterocycles. The van der Waals surface area contributed by atoms with Crippen LogP contribution in [0.1, 0.15) is 38.7 Å². The van der Waals surface area contributed by atoms with Crippen LogP contribution in [0.15, 0.2) is 30.3 Å². The minimum absolute atomic E-state index is 0.560. The van der Waals surface area contributed by atoms with Crippen LogP contribution in [-0.2, 0) is 6.54 Å². The first-order valence-electron chi connectivity index (χ1n) is 6.78. The topological polar surface area (TPSA) is 15.3 Å². The van der Waals surface area contributed by atoms with Crippen molar-refractivity contribution in [2.45, 2.75) is 51.7 Å². The molecule has 1 aromatic rings. The number of thiocarbonyl (C=S) groups is 1.